The predicted octanol–water partition coefficient (Wildman–Crippen LogP) is 4.74. The van der Waals surface area contributed by atoms with Gasteiger partial charge in [0.1, 0.15) is 11.6 Å². The van der Waals surface area contributed by atoms with E-state index >= 15 is 0 Å². The Bertz CT molecular complexity index is 631. The van der Waals surface area contributed by atoms with Crippen LogP contribution in [-0.2, 0) is 0 Å². The third-order valence-corrected chi connectivity index (χ3v) is 4.13. The lowest BCUT2D eigenvalue weighted by molar-refractivity contribution is 0.571. The lowest BCUT2D eigenvalue weighted by Crippen LogP contribution is -2.16. The molecule has 0 amide bonds. The number of rotatable bonds is 2. The van der Waals surface area contributed by atoms with Crippen LogP contribution in [0.1, 0.15) is 22.7 Å². The van der Waals surface area contributed by atoms with Crippen LogP contribution in [0.3, 0.4) is 0 Å². The Morgan fingerprint density at radius 1 is 1.21 bits per heavy atom. The van der Waals surface area contributed by atoms with E-state index in [-0.39, 0.29) is 11.1 Å². The first-order chi connectivity index (χ1) is 8.91. The Labute approximate surface area is 123 Å². The van der Waals surface area contributed by atoms with Crippen LogP contribution in [0.25, 0.3) is 0 Å². The summed E-state index contributed by atoms with van der Waals surface area (Å²) in [4.78, 5) is 0. The average molecular weight is 347 g/mol. The van der Waals surface area contributed by atoms with Gasteiger partial charge < -0.3 is 5.73 Å². The van der Waals surface area contributed by atoms with Crippen molar-refractivity contribution < 1.29 is 8.78 Å². The largest absolute Gasteiger partial charge is 0.320 e. The van der Waals surface area contributed by atoms with Gasteiger partial charge in [-0.1, -0.05) is 29.8 Å². The molecule has 0 saturated carbocycles. The second kappa shape index (κ2) is 5.57. The van der Waals surface area contributed by atoms with Crippen LogP contribution in [0, 0.1) is 18.6 Å². The average Bonchev–Trinajstić information content (AvgIpc) is 2.36. The maximum atomic E-state index is 14.0. The number of benzene rings is 2. The normalized spacial score (nSPS) is 12.5. The zero-order valence-electron chi connectivity index (χ0n) is 10.1. The molecule has 2 N–H and O–H groups in total. The van der Waals surface area contributed by atoms with Gasteiger partial charge in [-0.2, -0.15) is 0 Å². The fraction of sp³-hybridized carbons (Fsp3) is 0.143. The molecule has 0 bridgehead atoms. The van der Waals surface area contributed by atoms with Gasteiger partial charge in [0, 0.05) is 15.6 Å². The zero-order valence-corrected chi connectivity index (χ0v) is 12.4. The maximum absolute atomic E-state index is 14.0. The van der Waals surface area contributed by atoms with Crippen molar-refractivity contribution in [3.63, 3.8) is 0 Å². The molecule has 2 rings (SSSR count). The Morgan fingerprint density at radius 2 is 1.89 bits per heavy atom. The second-order valence-electron chi connectivity index (χ2n) is 4.24. The van der Waals surface area contributed by atoms with E-state index in [2.05, 4.69) is 15.9 Å². The van der Waals surface area contributed by atoms with E-state index in [0.29, 0.717) is 15.1 Å². The molecule has 0 aromatic heterocycles. The van der Waals surface area contributed by atoms with Crippen molar-refractivity contribution in [3.05, 3.63) is 68.2 Å². The topological polar surface area (TPSA) is 26.0 Å². The molecule has 0 radical (unpaired) electrons. The highest BCUT2D eigenvalue weighted by atomic mass is 79.9. The summed E-state index contributed by atoms with van der Waals surface area (Å²) >= 11 is 9.05. The summed E-state index contributed by atoms with van der Waals surface area (Å²) in [5.74, 6) is -0.946. The monoisotopic (exact) mass is 345 g/mol. The first-order valence-corrected chi connectivity index (χ1v) is 6.74. The van der Waals surface area contributed by atoms with Crippen molar-refractivity contribution >= 4 is 27.5 Å². The van der Waals surface area contributed by atoms with Crippen molar-refractivity contribution in [2.75, 3.05) is 0 Å². The second-order valence-corrected chi connectivity index (χ2v) is 5.51. The third-order valence-electron chi connectivity index (χ3n) is 2.93. The molecule has 1 atom stereocenters. The standard InChI is InChI=1S/C14H11BrClF2N/c1-7-3-2-4-8(13(7)18)14(19)9-5-11(16)10(15)6-12(9)17/h2-6,14H,19H2,1H3. The van der Waals surface area contributed by atoms with E-state index in [4.69, 9.17) is 17.3 Å². The minimum atomic E-state index is -0.898. The molecule has 0 aliphatic rings. The van der Waals surface area contributed by atoms with Gasteiger partial charge in [-0.05, 0) is 40.5 Å². The highest BCUT2D eigenvalue weighted by Crippen LogP contribution is 2.31. The summed E-state index contributed by atoms with van der Waals surface area (Å²) in [6.07, 6.45) is 0. The van der Waals surface area contributed by atoms with E-state index in [9.17, 15) is 8.78 Å². The van der Waals surface area contributed by atoms with Gasteiger partial charge in [0.25, 0.3) is 0 Å². The van der Waals surface area contributed by atoms with Crippen LogP contribution in [0.5, 0.6) is 0 Å². The molecule has 0 aliphatic heterocycles. The predicted molar refractivity (Wildman–Crippen MR) is 76.3 cm³/mol. The van der Waals surface area contributed by atoms with Crippen molar-refractivity contribution in [3.8, 4) is 0 Å². The molecule has 1 unspecified atom stereocenters. The van der Waals surface area contributed by atoms with Gasteiger partial charge >= 0.3 is 0 Å². The maximum Gasteiger partial charge on any atom is 0.131 e. The summed E-state index contributed by atoms with van der Waals surface area (Å²) < 4.78 is 28.3. The molecule has 2 aromatic rings. The van der Waals surface area contributed by atoms with E-state index in [1.165, 1.54) is 12.1 Å². The number of hydrogen-bond donors (Lipinski definition) is 1. The molecule has 19 heavy (non-hydrogen) atoms. The smallest absolute Gasteiger partial charge is 0.131 e. The summed E-state index contributed by atoms with van der Waals surface area (Å²) in [7, 11) is 0. The molecule has 0 spiro atoms. The SMILES string of the molecule is Cc1cccc(C(N)c2cc(Cl)c(Br)cc2F)c1F. The van der Waals surface area contributed by atoms with Gasteiger partial charge in [0.15, 0.2) is 0 Å². The highest BCUT2D eigenvalue weighted by molar-refractivity contribution is 9.10. The number of hydrogen-bond acceptors (Lipinski definition) is 1. The van der Waals surface area contributed by atoms with Gasteiger partial charge in [0.05, 0.1) is 11.1 Å². The Hall–Kier alpha value is -0.970. The minimum absolute atomic E-state index is 0.165. The minimum Gasteiger partial charge on any atom is -0.320 e. The summed E-state index contributed by atoms with van der Waals surface area (Å²) in [6.45, 7) is 1.64. The van der Waals surface area contributed by atoms with E-state index < -0.39 is 17.7 Å². The number of aryl methyl sites for hydroxylation is 1. The zero-order chi connectivity index (χ0) is 14.2. The Morgan fingerprint density at radius 3 is 2.58 bits per heavy atom. The molecular formula is C14H11BrClF2N. The van der Waals surface area contributed by atoms with Gasteiger partial charge in [-0.3, -0.25) is 0 Å². The molecule has 5 heteroatoms. The third kappa shape index (κ3) is 2.81. The quantitative estimate of drug-likeness (QED) is 0.781. The fourth-order valence-electron chi connectivity index (χ4n) is 1.85. The van der Waals surface area contributed by atoms with Crippen LogP contribution in [0.4, 0.5) is 8.78 Å². The number of nitrogens with two attached hydrogens (primary N) is 1. The summed E-state index contributed by atoms with van der Waals surface area (Å²) in [5, 5.41) is 0.333. The first-order valence-electron chi connectivity index (χ1n) is 5.57. The van der Waals surface area contributed by atoms with Gasteiger partial charge in [-0.15, -0.1) is 0 Å². The molecule has 0 fully saturated rings. The molecule has 0 aliphatic carbocycles. The van der Waals surface area contributed by atoms with Crippen LogP contribution in [0.2, 0.25) is 5.02 Å². The van der Waals surface area contributed by atoms with Gasteiger partial charge in [0.2, 0.25) is 0 Å². The van der Waals surface area contributed by atoms with E-state index in [1.807, 2.05) is 0 Å². The van der Waals surface area contributed by atoms with Crippen molar-refractivity contribution in [2.45, 2.75) is 13.0 Å². The lowest BCUT2D eigenvalue weighted by Gasteiger charge is -2.16. The summed E-state index contributed by atoms with van der Waals surface area (Å²) in [5.41, 5.74) is 6.83. The molecule has 1 nitrogen and oxygen atoms in total. The molecule has 0 heterocycles. The van der Waals surface area contributed by atoms with Crippen LogP contribution >= 0.6 is 27.5 Å². The molecule has 2 aromatic carbocycles. The van der Waals surface area contributed by atoms with Crippen LogP contribution in [-0.4, -0.2) is 0 Å². The van der Waals surface area contributed by atoms with Gasteiger partial charge in [-0.25, -0.2) is 8.78 Å². The van der Waals surface area contributed by atoms with E-state index in [0.717, 1.165) is 0 Å². The highest BCUT2D eigenvalue weighted by Gasteiger charge is 2.19. The lowest BCUT2D eigenvalue weighted by atomic mass is 9.97. The Kier molecular flexibility index (Phi) is 4.23. The van der Waals surface area contributed by atoms with Crippen LogP contribution in [0.15, 0.2) is 34.8 Å². The Balaban J connectivity index is 2.53. The van der Waals surface area contributed by atoms with Crippen molar-refractivity contribution in [2.24, 2.45) is 5.73 Å². The fourth-order valence-corrected chi connectivity index (χ4v) is 2.34. The first kappa shape index (κ1) is 14.4. The molecule has 0 saturated heterocycles. The van der Waals surface area contributed by atoms with E-state index in [1.54, 1.807) is 25.1 Å². The molecule has 100 valence electrons. The van der Waals surface area contributed by atoms with Crippen LogP contribution < -0.4 is 5.73 Å². The van der Waals surface area contributed by atoms with Crippen molar-refractivity contribution in [1.82, 2.24) is 0 Å². The van der Waals surface area contributed by atoms with Crippen molar-refractivity contribution in [1.29, 1.82) is 0 Å². The summed E-state index contributed by atoms with van der Waals surface area (Å²) in [6, 6.07) is 6.61. The molecular weight excluding hydrogens is 336 g/mol. The number of halogens is 4.